The Bertz CT molecular complexity index is 940. The summed E-state index contributed by atoms with van der Waals surface area (Å²) >= 11 is 0. The van der Waals surface area contributed by atoms with Gasteiger partial charge in [0.05, 0.1) is 24.6 Å². The second-order valence-electron chi connectivity index (χ2n) is 7.45. The van der Waals surface area contributed by atoms with Gasteiger partial charge >= 0.3 is 0 Å². The minimum absolute atomic E-state index is 0.814. The summed E-state index contributed by atoms with van der Waals surface area (Å²) in [5, 5.41) is 8.08. The normalized spacial score (nSPS) is 14.3. The predicted molar refractivity (Wildman–Crippen MR) is 115 cm³/mol. The molecule has 0 unspecified atom stereocenters. The number of ether oxygens (including phenoxy) is 1. The van der Waals surface area contributed by atoms with Crippen molar-refractivity contribution >= 4 is 11.4 Å². The number of nitrogens with zero attached hydrogens (tertiary/aromatic N) is 3. The van der Waals surface area contributed by atoms with Gasteiger partial charge in [-0.25, -0.2) is 4.68 Å². The lowest BCUT2D eigenvalue weighted by Crippen LogP contribution is -2.36. The average Bonchev–Trinajstić information content (AvgIpc) is 3.06. The number of morpholine rings is 1. The fraction of sp³-hybridized carbons (Fsp3) is 0.348. The fourth-order valence-electron chi connectivity index (χ4n) is 3.70. The van der Waals surface area contributed by atoms with E-state index in [1.807, 2.05) is 11.6 Å². The van der Waals surface area contributed by atoms with E-state index in [4.69, 9.17) is 4.74 Å². The first-order valence-electron chi connectivity index (χ1n) is 9.90. The van der Waals surface area contributed by atoms with Crippen LogP contribution in [0.2, 0.25) is 0 Å². The molecule has 1 aliphatic rings. The highest BCUT2D eigenvalue weighted by atomic mass is 16.5. The van der Waals surface area contributed by atoms with Crippen molar-refractivity contribution in [3.8, 4) is 5.69 Å². The Morgan fingerprint density at radius 3 is 2.29 bits per heavy atom. The van der Waals surface area contributed by atoms with Crippen LogP contribution in [0.1, 0.15) is 22.5 Å². The number of aromatic nitrogens is 2. The topological polar surface area (TPSA) is 42.3 Å². The highest BCUT2D eigenvalue weighted by Gasteiger charge is 2.12. The summed E-state index contributed by atoms with van der Waals surface area (Å²) in [5.74, 6) is 0. The zero-order valence-corrected chi connectivity index (χ0v) is 16.9. The number of nitrogens with one attached hydrogen (secondary N) is 1. The summed E-state index contributed by atoms with van der Waals surface area (Å²) in [6.45, 7) is 10.7. The molecule has 28 heavy (non-hydrogen) atoms. The molecular formula is C23H28N4O. The van der Waals surface area contributed by atoms with Crippen LogP contribution >= 0.6 is 0 Å². The average molecular weight is 377 g/mol. The lowest BCUT2D eigenvalue weighted by atomic mass is 10.1. The van der Waals surface area contributed by atoms with Crippen LogP contribution < -0.4 is 10.2 Å². The molecule has 1 saturated heterocycles. The first-order valence-corrected chi connectivity index (χ1v) is 9.90. The van der Waals surface area contributed by atoms with Crippen LogP contribution in [0.25, 0.3) is 5.69 Å². The van der Waals surface area contributed by atoms with Crippen LogP contribution in [0.15, 0.2) is 48.5 Å². The van der Waals surface area contributed by atoms with E-state index in [-0.39, 0.29) is 0 Å². The molecule has 2 heterocycles. The summed E-state index contributed by atoms with van der Waals surface area (Å²) in [5.41, 5.74) is 8.31. The van der Waals surface area contributed by atoms with Crippen molar-refractivity contribution in [3.63, 3.8) is 0 Å². The molecule has 1 aromatic heterocycles. The Hall–Kier alpha value is -2.79. The standard InChI is InChI=1S/C23H28N4O/c1-17-14-23(26-10-12-28-13-11-26)7-4-20(17)16-24-21-5-8-22(9-6-21)27-19(3)15-18(2)25-27/h4-9,14-15,24H,10-13,16H2,1-3H3. The van der Waals surface area contributed by atoms with Gasteiger partial charge in [-0.2, -0.15) is 5.10 Å². The van der Waals surface area contributed by atoms with Crippen molar-refractivity contribution in [2.75, 3.05) is 36.5 Å². The number of hydrogen-bond acceptors (Lipinski definition) is 4. The molecule has 3 aromatic rings. The molecule has 5 heteroatoms. The van der Waals surface area contributed by atoms with E-state index in [2.05, 4.69) is 77.7 Å². The second kappa shape index (κ2) is 8.07. The number of aryl methyl sites for hydroxylation is 3. The molecule has 1 fully saturated rings. The van der Waals surface area contributed by atoms with Crippen molar-refractivity contribution in [1.82, 2.24) is 9.78 Å². The molecule has 5 nitrogen and oxygen atoms in total. The van der Waals surface area contributed by atoms with Gasteiger partial charge in [-0.15, -0.1) is 0 Å². The summed E-state index contributed by atoms with van der Waals surface area (Å²) in [4.78, 5) is 2.39. The zero-order valence-electron chi connectivity index (χ0n) is 16.9. The van der Waals surface area contributed by atoms with E-state index < -0.39 is 0 Å². The summed E-state index contributed by atoms with van der Waals surface area (Å²) in [7, 11) is 0. The van der Waals surface area contributed by atoms with Gasteiger partial charge in [-0.05, 0) is 74.4 Å². The van der Waals surface area contributed by atoms with Gasteiger partial charge in [0.15, 0.2) is 0 Å². The molecular weight excluding hydrogens is 348 g/mol. The van der Waals surface area contributed by atoms with Crippen molar-refractivity contribution in [2.45, 2.75) is 27.3 Å². The Labute approximate surface area is 166 Å². The maximum atomic E-state index is 5.45. The molecule has 0 bridgehead atoms. The zero-order chi connectivity index (χ0) is 19.5. The van der Waals surface area contributed by atoms with Crippen molar-refractivity contribution in [2.24, 2.45) is 0 Å². The van der Waals surface area contributed by atoms with Crippen molar-refractivity contribution in [3.05, 3.63) is 71.0 Å². The van der Waals surface area contributed by atoms with Gasteiger partial charge in [0, 0.05) is 36.7 Å². The molecule has 0 saturated carbocycles. The van der Waals surface area contributed by atoms with Gasteiger partial charge in [0.25, 0.3) is 0 Å². The van der Waals surface area contributed by atoms with Crippen LogP contribution in [0, 0.1) is 20.8 Å². The third-order valence-corrected chi connectivity index (χ3v) is 5.31. The monoisotopic (exact) mass is 376 g/mol. The summed E-state index contributed by atoms with van der Waals surface area (Å²) < 4.78 is 7.43. The number of benzene rings is 2. The number of anilines is 2. The van der Waals surface area contributed by atoms with E-state index in [1.54, 1.807) is 0 Å². The lowest BCUT2D eigenvalue weighted by Gasteiger charge is -2.29. The number of hydrogen-bond donors (Lipinski definition) is 1. The lowest BCUT2D eigenvalue weighted by molar-refractivity contribution is 0.122. The molecule has 0 spiro atoms. The van der Waals surface area contributed by atoms with Crippen LogP contribution in [0.4, 0.5) is 11.4 Å². The van der Waals surface area contributed by atoms with Crippen LogP contribution in [-0.4, -0.2) is 36.1 Å². The maximum absolute atomic E-state index is 5.45. The predicted octanol–water partition coefficient (Wildman–Crippen LogP) is 4.25. The Morgan fingerprint density at radius 2 is 1.64 bits per heavy atom. The maximum Gasteiger partial charge on any atom is 0.0650 e. The second-order valence-corrected chi connectivity index (χ2v) is 7.45. The highest BCUT2D eigenvalue weighted by Crippen LogP contribution is 2.22. The molecule has 0 aliphatic carbocycles. The summed E-state index contributed by atoms with van der Waals surface area (Å²) in [6, 6.07) is 17.3. The molecule has 0 atom stereocenters. The Morgan fingerprint density at radius 1 is 0.929 bits per heavy atom. The van der Waals surface area contributed by atoms with E-state index in [1.165, 1.54) is 16.8 Å². The van der Waals surface area contributed by atoms with Gasteiger partial charge in [0.1, 0.15) is 0 Å². The van der Waals surface area contributed by atoms with Crippen molar-refractivity contribution < 1.29 is 4.74 Å². The quantitative estimate of drug-likeness (QED) is 0.723. The molecule has 4 rings (SSSR count). The number of rotatable bonds is 5. The minimum atomic E-state index is 0.814. The summed E-state index contributed by atoms with van der Waals surface area (Å²) in [6.07, 6.45) is 0. The third-order valence-electron chi connectivity index (χ3n) is 5.31. The van der Waals surface area contributed by atoms with Gasteiger partial charge in [-0.3, -0.25) is 0 Å². The molecule has 1 aliphatic heterocycles. The minimum Gasteiger partial charge on any atom is -0.381 e. The van der Waals surface area contributed by atoms with Gasteiger partial charge in [-0.1, -0.05) is 6.07 Å². The SMILES string of the molecule is Cc1cc(C)n(-c2ccc(NCc3ccc(N4CCOCC4)cc3C)cc2)n1. The van der Waals surface area contributed by atoms with Crippen LogP contribution in [0.5, 0.6) is 0 Å². The van der Waals surface area contributed by atoms with Gasteiger partial charge < -0.3 is 15.0 Å². The first-order chi connectivity index (χ1) is 13.6. The smallest absolute Gasteiger partial charge is 0.0650 e. The van der Waals surface area contributed by atoms with E-state index >= 15 is 0 Å². The largest absolute Gasteiger partial charge is 0.381 e. The molecule has 0 amide bonds. The van der Waals surface area contributed by atoms with E-state index in [9.17, 15) is 0 Å². The van der Waals surface area contributed by atoms with Crippen molar-refractivity contribution in [1.29, 1.82) is 0 Å². The van der Waals surface area contributed by atoms with Crippen LogP contribution in [-0.2, 0) is 11.3 Å². The Kier molecular flexibility index (Phi) is 5.35. The fourth-order valence-corrected chi connectivity index (χ4v) is 3.70. The Balaban J connectivity index is 1.40. The van der Waals surface area contributed by atoms with Gasteiger partial charge in [0.2, 0.25) is 0 Å². The first kappa shape index (κ1) is 18.6. The van der Waals surface area contributed by atoms with E-state index in [0.717, 1.165) is 55.6 Å². The molecule has 2 aromatic carbocycles. The highest BCUT2D eigenvalue weighted by molar-refractivity contribution is 5.53. The van der Waals surface area contributed by atoms with E-state index in [0.29, 0.717) is 0 Å². The molecule has 0 radical (unpaired) electrons. The third kappa shape index (κ3) is 4.04. The molecule has 1 N–H and O–H groups in total. The van der Waals surface area contributed by atoms with Crippen LogP contribution in [0.3, 0.4) is 0 Å². The molecule has 146 valence electrons.